The lowest BCUT2D eigenvalue weighted by Gasteiger charge is -2.09. The van der Waals surface area contributed by atoms with E-state index >= 15 is 0 Å². The maximum absolute atomic E-state index is 11.0. The maximum Gasteiger partial charge on any atom is 0.221 e. The lowest BCUT2D eigenvalue weighted by molar-refractivity contribution is -0.126. The van der Waals surface area contributed by atoms with Gasteiger partial charge in [-0.1, -0.05) is 0 Å². The van der Waals surface area contributed by atoms with E-state index in [1.165, 1.54) is 6.92 Å². The Morgan fingerprint density at radius 3 is 2.50 bits per heavy atom. The first-order valence-corrected chi connectivity index (χ1v) is 5.26. The minimum absolute atomic E-state index is 0.00694. The van der Waals surface area contributed by atoms with E-state index in [4.69, 9.17) is 0 Å². The summed E-state index contributed by atoms with van der Waals surface area (Å²) in [5, 5.41) is 2.61. The lowest BCUT2D eigenvalue weighted by Crippen LogP contribution is -2.37. The zero-order valence-corrected chi connectivity index (χ0v) is 8.53. The summed E-state index contributed by atoms with van der Waals surface area (Å²) in [5.41, 5.74) is 0. The van der Waals surface area contributed by atoms with Crippen molar-refractivity contribution in [2.75, 3.05) is 12.0 Å². The minimum Gasteiger partial charge on any atom is -0.347 e. The number of carbonyl (C=O) groups excluding carboxylic acids is 2. The number of carbonyl (C=O) groups is 2. The van der Waals surface area contributed by atoms with E-state index in [-0.39, 0.29) is 17.7 Å². The SMILES string of the molecule is CSCCC(=O)NC(C)C(C)=O. The van der Waals surface area contributed by atoms with E-state index in [9.17, 15) is 9.59 Å². The number of hydrogen-bond acceptors (Lipinski definition) is 3. The number of nitrogens with one attached hydrogen (secondary N) is 1. The molecule has 0 aliphatic rings. The molecular weight excluding hydrogens is 174 g/mol. The van der Waals surface area contributed by atoms with Gasteiger partial charge in [0.1, 0.15) is 0 Å². The zero-order valence-electron chi connectivity index (χ0n) is 7.72. The van der Waals surface area contributed by atoms with Crippen LogP contribution >= 0.6 is 11.8 Å². The van der Waals surface area contributed by atoms with Crippen molar-refractivity contribution in [3.63, 3.8) is 0 Å². The Kier molecular flexibility index (Phi) is 5.80. The molecule has 1 N–H and O–H groups in total. The van der Waals surface area contributed by atoms with Crippen molar-refractivity contribution in [3.8, 4) is 0 Å². The second kappa shape index (κ2) is 6.06. The summed E-state index contributed by atoms with van der Waals surface area (Å²) in [6, 6.07) is -0.348. The van der Waals surface area contributed by atoms with Crippen LogP contribution < -0.4 is 5.32 Å². The number of ketones is 1. The second-order valence-corrected chi connectivity index (χ2v) is 3.63. The molecule has 0 aromatic heterocycles. The fourth-order valence-electron chi connectivity index (χ4n) is 0.610. The monoisotopic (exact) mass is 189 g/mol. The molecule has 0 heterocycles. The zero-order chi connectivity index (χ0) is 9.56. The number of Topliss-reactive ketones (excluding diaryl/α,β-unsaturated/α-hetero) is 1. The molecule has 0 radical (unpaired) electrons. The highest BCUT2D eigenvalue weighted by Gasteiger charge is 2.09. The Balaban J connectivity index is 3.61. The Labute approximate surface area is 77.3 Å². The molecule has 12 heavy (non-hydrogen) atoms. The Morgan fingerprint density at radius 2 is 2.08 bits per heavy atom. The van der Waals surface area contributed by atoms with E-state index in [1.807, 2.05) is 6.26 Å². The summed E-state index contributed by atoms with van der Waals surface area (Å²) in [5.74, 6) is 0.746. The number of hydrogen-bond donors (Lipinski definition) is 1. The van der Waals surface area contributed by atoms with Crippen LogP contribution in [0.25, 0.3) is 0 Å². The maximum atomic E-state index is 11.0. The van der Waals surface area contributed by atoms with E-state index < -0.39 is 0 Å². The van der Waals surface area contributed by atoms with Crippen molar-refractivity contribution in [1.82, 2.24) is 5.32 Å². The molecule has 0 saturated heterocycles. The molecule has 70 valence electrons. The summed E-state index contributed by atoms with van der Waals surface area (Å²) < 4.78 is 0. The molecule has 3 nitrogen and oxygen atoms in total. The molecular formula is C8H15NO2S. The third kappa shape index (κ3) is 5.18. The summed E-state index contributed by atoms with van der Waals surface area (Å²) in [6.07, 6.45) is 2.43. The van der Waals surface area contributed by atoms with Crippen molar-refractivity contribution < 1.29 is 9.59 Å². The summed E-state index contributed by atoms with van der Waals surface area (Å²) >= 11 is 1.62. The van der Waals surface area contributed by atoms with Crippen molar-refractivity contribution in [1.29, 1.82) is 0 Å². The first kappa shape index (κ1) is 11.5. The molecule has 0 aliphatic carbocycles. The van der Waals surface area contributed by atoms with Crippen LogP contribution in [0.15, 0.2) is 0 Å². The topological polar surface area (TPSA) is 46.2 Å². The van der Waals surface area contributed by atoms with Crippen LogP contribution in [-0.2, 0) is 9.59 Å². The van der Waals surface area contributed by atoms with Crippen LogP contribution in [0.5, 0.6) is 0 Å². The molecule has 0 fully saturated rings. The van der Waals surface area contributed by atoms with Crippen molar-refractivity contribution >= 4 is 23.5 Å². The normalized spacial score (nSPS) is 12.2. The number of rotatable bonds is 5. The summed E-state index contributed by atoms with van der Waals surface area (Å²) in [4.78, 5) is 21.8. The molecule has 0 aromatic rings. The highest BCUT2D eigenvalue weighted by molar-refractivity contribution is 7.98. The molecule has 0 spiro atoms. The third-order valence-corrected chi connectivity index (χ3v) is 2.13. The van der Waals surface area contributed by atoms with E-state index in [0.717, 1.165) is 5.75 Å². The molecule has 1 atom stereocenters. The van der Waals surface area contributed by atoms with Crippen LogP contribution in [0.1, 0.15) is 20.3 Å². The van der Waals surface area contributed by atoms with Crippen LogP contribution in [0.4, 0.5) is 0 Å². The number of thioether (sulfide) groups is 1. The standard InChI is InChI=1S/C8H15NO2S/c1-6(7(2)10)9-8(11)4-5-12-3/h6H,4-5H2,1-3H3,(H,9,11). The van der Waals surface area contributed by atoms with Gasteiger partial charge in [-0.25, -0.2) is 0 Å². The second-order valence-electron chi connectivity index (χ2n) is 2.64. The smallest absolute Gasteiger partial charge is 0.221 e. The van der Waals surface area contributed by atoms with Gasteiger partial charge in [-0.15, -0.1) is 0 Å². The fourth-order valence-corrected chi connectivity index (χ4v) is 1.000. The summed E-state index contributed by atoms with van der Waals surface area (Å²) in [7, 11) is 0. The van der Waals surface area contributed by atoms with Gasteiger partial charge in [0.2, 0.25) is 5.91 Å². The Bertz CT molecular complexity index is 170. The molecule has 0 saturated carbocycles. The van der Waals surface area contributed by atoms with Crippen molar-refractivity contribution in [3.05, 3.63) is 0 Å². The molecule has 1 amide bonds. The average Bonchev–Trinajstić information content (AvgIpc) is 2.00. The van der Waals surface area contributed by atoms with E-state index in [2.05, 4.69) is 5.32 Å². The largest absolute Gasteiger partial charge is 0.347 e. The quantitative estimate of drug-likeness (QED) is 0.697. The lowest BCUT2D eigenvalue weighted by atomic mass is 10.2. The van der Waals surface area contributed by atoms with Gasteiger partial charge in [-0.3, -0.25) is 9.59 Å². The Hall–Kier alpha value is -0.510. The first-order chi connectivity index (χ1) is 5.57. The molecule has 0 bridgehead atoms. The van der Waals surface area contributed by atoms with Crippen molar-refractivity contribution in [2.45, 2.75) is 26.3 Å². The van der Waals surface area contributed by atoms with E-state index in [0.29, 0.717) is 6.42 Å². The Morgan fingerprint density at radius 1 is 1.50 bits per heavy atom. The molecule has 0 aromatic carbocycles. The fraction of sp³-hybridized carbons (Fsp3) is 0.750. The predicted octanol–water partition coefficient (Wildman–Crippen LogP) is 0.833. The van der Waals surface area contributed by atoms with Gasteiger partial charge in [0.25, 0.3) is 0 Å². The first-order valence-electron chi connectivity index (χ1n) is 3.86. The number of amides is 1. The molecule has 0 rings (SSSR count). The van der Waals surface area contributed by atoms with Gasteiger partial charge in [-0.05, 0) is 20.1 Å². The van der Waals surface area contributed by atoms with Crippen molar-refractivity contribution in [2.24, 2.45) is 0 Å². The summed E-state index contributed by atoms with van der Waals surface area (Å²) in [6.45, 7) is 3.17. The predicted molar refractivity (Wildman–Crippen MR) is 51.3 cm³/mol. The van der Waals surface area contributed by atoms with Crippen LogP contribution in [-0.4, -0.2) is 29.7 Å². The highest BCUT2D eigenvalue weighted by Crippen LogP contribution is 1.95. The van der Waals surface area contributed by atoms with E-state index in [1.54, 1.807) is 18.7 Å². The minimum atomic E-state index is -0.348. The van der Waals surface area contributed by atoms with Crippen LogP contribution in [0.3, 0.4) is 0 Å². The third-order valence-electron chi connectivity index (χ3n) is 1.52. The highest BCUT2D eigenvalue weighted by atomic mass is 32.2. The van der Waals surface area contributed by atoms with Gasteiger partial charge in [-0.2, -0.15) is 11.8 Å². The van der Waals surface area contributed by atoms with Gasteiger partial charge in [0.15, 0.2) is 5.78 Å². The van der Waals surface area contributed by atoms with Gasteiger partial charge in [0, 0.05) is 12.2 Å². The molecule has 4 heteroatoms. The molecule has 0 aliphatic heterocycles. The van der Waals surface area contributed by atoms with Gasteiger partial charge in [0.05, 0.1) is 6.04 Å². The van der Waals surface area contributed by atoms with Gasteiger partial charge < -0.3 is 5.32 Å². The van der Waals surface area contributed by atoms with Crippen LogP contribution in [0, 0.1) is 0 Å². The molecule has 1 unspecified atom stereocenters. The van der Waals surface area contributed by atoms with Crippen LogP contribution in [0.2, 0.25) is 0 Å². The average molecular weight is 189 g/mol. The van der Waals surface area contributed by atoms with Gasteiger partial charge >= 0.3 is 0 Å².